The van der Waals surface area contributed by atoms with Gasteiger partial charge in [0.1, 0.15) is 23.7 Å². The van der Waals surface area contributed by atoms with Crippen LogP contribution in [-0.2, 0) is 16.9 Å². The van der Waals surface area contributed by atoms with Crippen molar-refractivity contribution in [3.05, 3.63) is 70.6 Å². The number of hydrogen-bond donors (Lipinski definition) is 1. The number of imide groups is 1. The molecule has 1 atom stereocenters. The third kappa shape index (κ3) is 3.23. The van der Waals surface area contributed by atoms with E-state index in [1.54, 1.807) is 24.3 Å². The second kappa shape index (κ2) is 6.93. The summed E-state index contributed by atoms with van der Waals surface area (Å²) in [6.45, 7) is 0.961. The van der Waals surface area contributed by atoms with Gasteiger partial charge in [-0.3, -0.25) is 9.69 Å². The molecule has 2 aromatic carbocycles. The predicted molar refractivity (Wildman–Crippen MR) is 97.5 cm³/mol. The molecule has 0 bridgehead atoms. The van der Waals surface area contributed by atoms with Crippen molar-refractivity contribution in [2.45, 2.75) is 19.0 Å². The zero-order chi connectivity index (χ0) is 20.8. The first kappa shape index (κ1) is 19.0. The van der Waals surface area contributed by atoms with Crippen molar-refractivity contribution >= 4 is 23.5 Å². The summed E-state index contributed by atoms with van der Waals surface area (Å²) in [5.41, 5.74) is -1.55. The van der Waals surface area contributed by atoms with Crippen molar-refractivity contribution in [2.24, 2.45) is 0 Å². The first-order valence-corrected chi connectivity index (χ1v) is 8.84. The Morgan fingerprint density at radius 3 is 2.69 bits per heavy atom. The molecular weight excluding hydrogens is 406 g/mol. The number of nitrogens with zero attached hydrogens (tertiary/aromatic N) is 3. The molecule has 3 aromatic rings. The van der Waals surface area contributed by atoms with Gasteiger partial charge in [-0.1, -0.05) is 23.7 Å². The number of hydrogen-bond acceptors (Lipinski definition) is 5. The van der Waals surface area contributed by atoms with Gasteiger partial charge in [-0.2, -0.15) is 0 Å². The molecule has 1 N–H and O–H groups in total. The van der Waals surface area contributed by atoms with Crippen LogP contribution in [0.25, 0.3) is 11.5 Å². The van der Waals surface area contributed by atoms with E-state index < -0.39 is 29.1 Å². The van der Waals surface area contributed by atoms with Crippen LogP contribution in [0.5, 0.6) is 0 Å². The summed E-state index contributed by atoms with van der Waals surface area (Å²) in [6, 6.07) is 8.71. The van der Waals surface area contributed by atoms with Gasteiger partial charge >= 0.3 is 6.03 Å². The molecule has 1 unspecified atom stereocenters. The maximum atomic E-state index is 14.2. The summed E-state index contributed by atoms with van der Waals surface area (Å²) in [5, 5.41) is 10.5. The van der Waals surface area contributed by atoms with Crippen LogP contribution in [0.2, 0.25) is 5.02 Å². The minimum atomic E-state index is -1.77. The number of carbonyl (C=O) groups excluding carboxylic acids is 2. The fraction of sp³-hybridized carbons (Fsp3) is 0.158. The van der Waals surface area contributed by atoms with Crippen LogP contribution in [0.3, 0.4) is 0 Å². The number of urea groups is 1. The average molecular weight is 419 g/mol. The summed E-state index contributed by atoms with van der Waals surface area (Å²) >= 11 is 6.09. The summed E-state index contributed by atoms with van der Waals surface area (Å²) in [5.74, 6) is -2.22. The molecular formula is C19H13ClF2N4O3. The van der Waals surface area contributed by atoms with Crippen LogP contribution in [0, 0.1) is 11.6 Å². The maximum absolute atomic E-state index is 14.2. The standard InChI is InChI=1S/C19H13ClF2N4O3/c1-19(12-8-10(21)6-7-14(12)22)17(27)26(18(28)23-19)9-15-24-25-16(29-15)11-4-2-3-5-13(11)20/h2-8H,9H2,1H3,(H,23,28). The lowest BCUT2D eigenvalue weighted by atomic mass is 9.91. The molecule has 1 aromatic heterocycles. The Bertz CT molecular complexity index is 1140. The molecule has 1 saturated heterocycles. The third-order valence-electron chi connectivity index (χ3n) is 4.61. The van der Waals surface area contributed by atoms with E-state index in [0.29, 0.717) is 10.6 Å². The quantitative estimate of drug-likeness (QED) is 0.653. The van der Waals surface area contributed by atoms with Crippen LogP contribution in [0.1, 0.15) is 18.4 Å². The van der Waals surface area contributed by atoms with Gasteiger partial charge in [-0.25, -0.2) is 13.6 Å². The second-order valence-corrected chi connectivity index (χ2v) is 6.96. The average Bonchev–Trinajstić information content (AvgIpc) is 3.23. The number of amides is 3. The third-order valence-corrected chi connectivity index (χ3v) is 4.94. The minimum Gasteiger partial charge on any atom is -0.419 e. The Hall–Kier alpha value is -3.33. The minimum absolute atomic E-state index is 0.0209. The molecule has 0 aliphatic carbocycles. The molecule has 7 nitrogen and oxygen atoms in total. The lowest BCUT2D eigenvalue weighted by Crippen LogP contribution is -2.41. The van der Waals surface area contributed by atoms with Crippen LogP contribution in [0.4, 0.5) is 13.6 Å². The van der Waals surface area contributed by atoms with Gasteiger partial charge in [-0.05, 0) is 37.3 Å². The topological polar surface area (TPSA) is 88.3 Å². The van der Waals surface area contributed by atoms with Crippen molar-refractivity contribution in [1.29, 1.82) is 0 Å². The number of rotatable bonds is 4. The predicted octanol–water partition coefficient (Wildman–Crippen LogP) is 3.64. The molecule has 1 aliphatic heterocycles. The summed E-state index contributed by atoms with van der Waals surface area (Å²) < 4.78 is 33.3. The van der Waals surface area contributed by atoms with Gasteiger partial charge in [0, 0.05) is 5.56 Å². The van der Waals surface area contributed by atoms with Crippen LogP contribution >= 0.6 is 11.6 Å². The zero-order valence-electron chi connectivity index (χ0n) is 14.9. The Kier molecular flexibility index (Phi) is 4.54. The fourth-order valence-corrected chi connectivity index (χ4v) is 3.32. The largest absolute Gasteiger partial charge is 0.419 e. The molecule has 1 fully saturated rings. The normalized spacial score (nSPS) is 19.0. The van der Waals surface area contributed by atoms with Crippen molar-refractivity contribution in [1.82, 2.24) is 20.4 Å². The number of benzene rings is 2. The zero-order valence-corrected chi connectivity index (χ0v) is 15.7. The van der Waals surface area contributed by atoms with Gasteiger partial charge in [0.15, 0.2) is 0 Å². The molecule has 148 valence electrons. The highest BCUT2D eigenvalue weighted by Gasteiger charge is 2.50. The lowest BCUT2D eigenvalue weighted by Gasteiger charge is -2.22. The fourth-order valence-electron chi connectivity index (χ4n) is 3.10. The van der Waals surface area contributed by atoms with E-state index in [1.807, 2.05) is 0 Å². The highest BCUT2D eigenvalue weighted by molar-refractivity contribution is 6.33. The van der Waals surface area contributed by atoms with Crippen molar-refractivity contribution in [3.8, 4) is 11.5 Å². The molecule has 10 heteroatoms. The van der Waals surface area contributed by atoms with E-state index in [4.69, 9.17) is 16.0 Å². The van der Waals surface area contributed by atoms with E-state index >= 15 is 0 Å². The summed E-state index contributed by atoms with van der Waals surface area (Å²) in [4.78, 5) is 26.1. The summed E-state index contributed by atoms with van der Waals surface area (Å²) in [7, 11) is 0. The first-order valence-electron chi connectivity index (χ1n) is 8.46. The number of carbonyl (C=O) groups is 2. The molecule has 0 radical (unpaired) electrons. The van der Waals surface area contributed by atoms with Gasteiger partial charge in [0.2, 0.25) is 11.8 Å². The van der Waals surface area contributed by atoms with Crippen LogP contribution in [0.15, 0.2) is 46.9 Å². The van der Waals surface area contributed by atoms with E-state index in [2.05, 4.69) is 15.5 Å². The number of aromatic nitrogens is 2. The van der Waals surface area contributed by atoms with E-state index in [-0.39, 0.29) is 23.9 Å². The molecule has 1 aliphatic rings. The molecule has 3 amide bonds. The number of halogens is 3. The molecule has 29 heavy (non-hydrogen) atoms. The van der Waals surface area contributed by atoms with Crippen LogP contribution < -0.4 is 5.32 Å². The lowest BCUT2D eigenvalue weighted by molar-refractivity contribution is -0.131. The Morgan fingerprint density at radius 2 is 1.93 bits per heavy atom. The summed E-state index contributed by atoms with van der Waals surface area (Å²) in [6.07, 6.45) is 0. The van der Waals surface area contributed by atoms with Crippen molar-refractivity contribution < 1.29 is 22.8 Å². The SMILES string of the molecule is CC1(c2cc(F)ccc2F)NC(=O)N(Cc2nnc(-c3ccccc3Cl)o2)C1=O. The molecule has 2 heterocycles. The Morgan fingerprint density at radius 1 is 1.17 bits per heavy atom. The van der Waals surface area contributed by atoms with Crippen molar-refractivity contribution in [3.63, 3.8) is 0 Å². The van der Waals surface area contributed by atoms with Gasteiger partial charge < -0.3 is 9.73 Å². The Labute approximate surface area is 168 Å². The van der Waals surface area contributed by atoms with Crippen molar-refractivity contribution in [2.75, 3.05) is 0 Å². The van der Waals surface area contributed by atoms with Crippen LogP contribution in [-0.4, -0.2) is 27.0 Å². The van der Waals surface area contributed by atoms with E-state index in [9.17, 15) is 18.4 Å². The van der Waals surface area contributed by atoms with Gasteiger partial charge in [0.25, 0.3) is 5.91 Å². The highest BCUT2D eigenvalue weighted by Crippen LogP contribution is 2.32. The highest BCUT2D eigenvalue weighted by atomic mass is 35.5. The second-order valence-electron chi connectivity index (χ2n) is 6.55. The molecule has 4 rings (SSSR count). The van der Waals surface area contributed by atoms with E-state index in [0.717, 1.165) is 23.1 Å². The monoisotopic (exact) mass is 418 g/mol. The Balaban J connectivity index is 1.61. The molecule has 0 spiro atoms. The first-order chi connectivity index (χ1) is 13.8. The van der Waals surface area contributed by atoms with E-state index in [1.165, 1.54) is 6.92 Å². The maximum Gasteiger partial charge on any atom is 0.325 e. The molecule has 0 saturated carbocycles. The van der Waals surface area contributed by atoms with Gasteiger partial charge in [0.05, 0.1) is 10.6 Å². The van der Waals surface area contributed by atoms with Gasteiger partial charge in [-0.15, -0.1) is 10.2 Å². The smallest absolute Gasteiger partial charge is 0.325 e. The number of nitrogens with one attached hydrogen (secondary N) is 1.